The molecule has 0 radical (unpaired) electrons. The highest BCUT2D eigenvalue weighted by atomic mass is 35.5. The highest BCUT2D eigenvalue weighted by molar-refractivity contribution is 6.31. The van der Waals surface area contributed by atoms with Gasteiger partial charge < -0.3 is 14.6 Å². The van der Waals surface area contributed by atoms with Crippen molar-refractivity contribution in [1.29, 1.82) is 0 Å². The number of carbonyl (C=O) groups is 2. The molecule has 1 amide bonds. The molecule has 21 heavy (non-hydrogen) atoms. The Hall–Kier alpha value is -2.01. The lowest BCUT2D eigenvalue weighted by molar-refractivity contribution is -0.141. The van der Waals surface area contributed by atoms with Crippen molar-refractivity contribution in [2.45, 2.75) is 25.9 Å². The Balaban J connectivity index is 2.01. The molecule has 1 aromatic heterocycles. The van der Waals surface area contributed by atoms with Crippen molar-refractivity contribution in [3.63, 3.8) is 0 Å². The third kappa shape index (κ3) is 3.98. The molecule has 0 aliphatic carbocycles. The van der Waals surface area contributed by atoms with Gasteiger partial charge in [0.25, 0.3) is 0 Å². The van der Waals surface area contributed by atoms with Crippen LogP contribution in [-0.2, 0) is 20.9 Å². The van der Waals surface area contributed by atoms with E-state index >= 15 is 0 Å². The van der Waals surface area contributed by atoms with Crippen molar-refractivity contribution >= 4 is 34.4 Å². The van der Waals surface area contributed by atoms with Gasteiger partial charge in [-0.15, -0.1) is 0 Å². The number of aromatic nitrogens is 1. The van der Waals surface area contributed by atoms with E-state index in [-0.39, 0.29) is 30.9 Å². The lowest BCUT2D eigenvalue weighted by Gasteiger charge is -2.13. The summed E-state index contributed by atoms with van der Waals surface area (Å²) in [6.07, 6.45) is 1.99. The maximum absolute atomic E-state index is 12.0. The quantitative estimate of drug-likeness (QED) is 0.863. The molecule has 0 fully saturated rings. The van der Waals surface area contributed by atoms with Gasteiger partial charge >= 0.3 is 5.97 Å². The van der Waals surface area contributed by atoms with Crippen LogP contribution < -0.4 is 5.32 Å². The molecule has 1 aromatic carbocycles. The van der Waals surface area contributed by atoms with E-state index in [4.69, 9.17) is 11.6 Å². The number of hydrogen-bond acceptors (Lipinski definition) is 3. The number of esters is 1. The molecule has 2 aromatic rings. The smallest absolute Gasteiger partial charge is 0.307 e. The molecular weight excluding hydrogens is 292 g/mol. The Morgan fingerprint density at radius 3 is 2.86 bits per heavy atom. The van der Waals surface area contributed by atoms with E-state index in [1.165, 1.54) is 7.11 Å². The Kier molecular flexibility index (Phi) is 4.85. The lowest BCUT2D eigenvalue weighted by Crippen LogP contribution is -2.36. The summed E-state index contributed by atoms with van der Waals surface area (Å²) in [5.41, 5.74) is 0.901. The van der Waals surface area contributed by atoms with Gasteiger partial charge in [-0.3, -0.25) is 9.59 Å². The van der Waals surface area contributed by atoms with Gasteiger partial charge in [-0.1, -0.05) is 17.7 Å². The van der Waals surface area contributed by atoms with E-state index in [0.717, 1.165) is 10.9 Å². The molecule has 1 N–H and O–H groups in total. The fourth-order valence-electron chi connectivity index (χ4n) is 2.15. The minimum atomic E-state index is -0.346. The van der Waals surface area contributed by atoms with E-state index in [9.17, 15) is 9.59 Å². The lowest BCUT2D eigenvalue weighted by atomic mass is 10.2. The fourth-order valence-corrected chi connectivity index (χ4v) is 2.32. The second kappa shape index (κ2) is 6.63. The van der Waals surface area contributed by atoms with Gasteiger partial charge in [-0.05, 0) is 30.5 Å². The molecule has 0 aliphatic rings. The Bertz CT molecular complexity index is 666. The number of nitrogens with one attached hydrogen (secondary N) is 1. The molecule has 0 spiro atoms. The summed E-state index contributed by atoms with van der Waals surface area (Å²) in [7, 11) is 1.33. The van der Waals surface area contributed by atoms with Crippen molar-refractivity contribution in [3.05, 3.63) is 35.5 Å². The number of carbonyl (C=O) groups excluding carboxylic acids is 2. The first-order valence-electron chi connectivity index (χ1n) is 6.60. The number of methoxy groups -OCH3 is 1. The molecule has 6 heteroatoms. The van der Waals surface area contributed by atoms with Gasteiger partial charge in [0.05, 0.1) is 13.5 Å². The molecular formula is C15H17ClN2O3. The molecule has 112 valence electrons. The average molecular weight is 309 g/mol. The molecule has 1 heterocycles. The molecule has 1 atom stereocenters. The number of fused-ring (bicyclic) bond motifs is 1. The van der Waals surface area contributed by atoms with Crippen LogP contribution in [0.3, 0.4) is 0 Å². The molecule has 2 rings (SSSR count). The van der Waals surface area contributed by atoms with Gasteiger partial charge in [0.2, 0.25) is 5.91 Å². The number of halogens is 1. The maximum atomic E-state index is 12.0. The fraction of sp³-hybridized carbons (Fsp3) is 0.333. The second-order valence-corrected chi connectivity index (χ2v) is 5.33. The van der Waals surface area contributed by atoms with E-state index in [2.05, 4.69) is 10.1 Å². The van der Waals surface area contributed by atoms with Gasteiger partial charge in [0.15, 0.2) is 0 Å². The van der Waals surface area contributed by atoms with Crippen molar-refractivity contribution in [1.82, 2.24) is 9.88 Å². The molecule has 0 bridgehead atoms. The van der Waals surface area contributed by atoms with Crippen molar-refractivity contribution in [2.24, 2.45) is 0 Å². The SMILES string of the molecule is COC(=O)CC(C)NC(=O)Cn1ccc2ccc(Cl)cc21. The van der Waals surface area contributed by atoms with Gasteiger partial charge in [-0.25, -0.2) is 0 Å². The number of rotatable bonds is 5. The van der Waals surface area contributed by atoms with E-state index in [1.54, 1.807) is 6.92 Å². The van der Waals surface area contributed by atoms with Crippen LogP contribution in [0.2, 0.25) is 5.02 Å². The molecule has 0 saturated carbocycles. The first-order chi connectivity index (χ1) is 9.99. The first kappa shape index (κ1) is 15.4. The minimum absolute atomic E-state index is 0.153. The molecule has 0 aliphatic heterocycles. The molecule has 5 nitrogen and oxygen atoms in total. The summed E-state index contributed by atoms with van der Waals surface area (Å²) in [5.74, 6) is -0.509. The highest BCUT2D eigenvalue weighted by Crippen LogP contribution is 2.20. The third-order valence-electron chi connectivity index (χ3n) is 3.16. The van der Waals surface area contributed by atoms with E-state index < -0.39 is 0 Å². The molecule has 0 saturated heterocycles. The van der Waals surface area contributed by atoms with Crippen LogP contribution in [0, 0.1) is 0 Å². The summed E-state index contributed by atoms with van der Waals surface area (Å²) >= 11 is 5.98. The average Bonchev–Trinajstić information content (AvgIpc) is 2.80. The van der Waals surface area contributed by atoms with Crippen molar-refractivity contribution in [2.75, 3.05) is 7.11 Å². The number of amides is 1. The minimum Gasteiger partial charge on any atom is -0.469 e. The van der Waals surface area contributed by atoms with Crippen LogP contribution in [-0.4, -0.2) is 29.6 Å². The predicted octanol–water partition coefficient (Wildman–Crippen LogP) is 2.36. The Labute approximate surface area is 127 Å². The second-order valence-electron chi connectivity index (χ2n) is 4.90. The zero-order valence-corrected chi connectivity index (χ0v) is 12.7. The van der Waals surface area contributed by atoms with Crippen LogP contribution >= 0.6 is 11.6 Å². The summed E-state index contributed by atoms with van der Waals surface area (Å²) in [5, 5.41) is 4.42. The van der Waals surface area contributed by atoms with E-state index in [1.807, 2.05) is 35.0 Å². The largest absolute Gasteiger partial charge is 0.469 e. The van der Waals surface area contributed by atoms with Gasteiger partial charge in [0.1, 0.15) is 6.54 Å². The summed E-state index contributed by atoms with van der Waals surface area (Å²) < 4.78 is 6.39. The normalized spacial score (nSPS) is 12.1. The van der Waals surface area contributed by atoms with Crippen molar-refractivity contribution in [3.8, 4) is 0 Å². The number of benzene rings is 1. The van der Waals surface area contributed by atoms with Crippen LogP contribution in [0.4, 0.5) is 0 Å². The van der Waals surface area contributed by atoms with Crippen LogP contribution in [0.25, 0.3) is 10.9 Å². The summed E-state index contributed by atoms with van der Waals surface area (Å²) in [6.45, 7) is 1.94. The van der Waals surface area contributed by atoms with Crippen LogP contribution in [0.15, 0.2) is 30.5 Å². The summed E-state index contributed by atoms with van der Waals surface area (Å²) in [6, 6.07) is 7.20. The van der Waals surface area contributed by atoms with Crippen LogP contribution in [0.1, 0.15) is 13.3 Å². The topological polar surface area (TPSA) is 60.3 Å². The van der Waals surface area contributed by atoms with E-state index in [0.29, 0.717) is 5.02 Å². The maximum Gasteiger partial charge on any atom is 0.307 e. The zero-order valence-electron chi connectivity index (χ0n) is 11.9. The number of nitrogens with zero attached hydrogens (tertiary/aromatic N) is 1. The van der Waals surface area contributed by atoms with Gasteiger partial charge in [-0.2, -0.15) is 0 Å². The third-order valence-corrected chi connectivity index (χ3v) is 3.39. The monoisotopic (exact) mass is 308 g/mol. The number of ether oxygens (including phenoxy) is 1. The van der Waals surface area contributed by atoms with Crippen molar-refractivity contribution < 1.29 is 14.3 Å². The predicted molar refractivity (Wildman–Crippen MR) is 81.2 cm³/mol. The van der Waals surface area contributed by atoms with Gasteiger partial charge in [0, 0.05) is 22.8 Å². The Morgan fingerprint density at radius 2 is 2.14 bits per heavy atom. The first-order valence-corrected chi connectivity index (χ1v) is 6.98. The number of hydrogen-bond donors (Lipinski definition) is 1. The molecule has 1 unspecified atom stereocenters. The zero-order chi connectivity index (χ0) is 15.4. The Morgan fingerprint density at radius 1 is 1.38 bits per heavy atom. The van der Waals surface area contributed by atoms with Crippen LogP contribution in [0.5, 0.6) is 0 Å². The highest BCUT2D eigenvalue weighted by Gasteiger charge is 2.13. The standard InChI is InChI=1S/C15H17ClN2O3/c1-10(7-15(20)21-2)17-14(19)9-18-6-5-11-3-4-12(16)8-13(11)18/h3-6,8,10H,7,9H2,1-2H3,(H,17,19). The summed E-state index contributed by atoms with van der Waals surface area (Å²) in [4.78, 5) is 23.1.